The average Bonchev–Trinajstić information content (AvgIpc) is 3.71. The summed E-state index contributed by atoms with van der Waals surface area (Å²) in [6.07, 6.45) is 10.1. The van der Waals surface area contributed by atoms with Crippen molar-refractivity contribution in [3.8, 4) is 22.8 Å². The molecule has 6 aromatic rings. The monoisotopic (exact) mass is 840 g/mol. The Balaban J connectivity index is 0.000000253. The van der Waals surface area contributed by atoms with Gasteiger partial charge in [0.1, 0.15) is 0 Å². The van der Waals surface area contributed by atoms with Gasteiger partial charge in [0, 0.05) is 47.6 Å². The van der Waals surface area contributed by atoms with E-state index in [1.54, 1.807) is 49.3 Å². The maximum atomic E-state index is 4.16. The standard InChI is InChI=1S/2C9H8N3.2C3H3N2.2Pt/c2*1-7-6-9(12-11-7)8-4-2-3-5-10-8;2*1-2-4-5-3-1;;/h2*2-6H,1H3;2*1-3H;;/q4*-1;2*+2. The molecule has 6 heterocycles. The summed E-state index contributed by atoms with van der Waals surface area (Å²) in [5.74, 6) is 0. The van der Waals surface area contributed by atoms with Crippen molar-refractivity contribution >= 4 is 0 Å². The van der Waals surface area contributed by atoms with Crippen molar-refractivity contribution in [3.05, 3.63) is 109 Å². The molecule has 0 amide bonds. The summed E-state index contributed by atoms with van der Waals surface area (Å²) < 4.78 is 0. The molecule has 0 unspecified atom stereocenters. The minimum Gasteiger partial charge on any atom is -0.582 e. The van der Waals surface area contributed by atoms with Crippen molar-refractivity contribution in [2.45, 2.75) is 13.8 Å². The van der Waals surface area contributed by atoms with Crippen LogP contribution in [0.1, 0.15) is 11.4 Å². The van der Waals surface area contributed by atoms with E-state index in [9.17, 15) is 0 Å². The van der Waals surface area contributed by atoms with Crippen LogP contribution in [0.3, 0.4) is 0 Å². The topological polar surface area (TPSA) is 134 Å². The van der Waals surface area contributed by atoms with Gasteiger partial charge in [0.15, 0.2) is 0 Å². The van der Waals surface area contributed by atoms with E-state index < -0.39 is 0 Å². The zero-order valence-electron chi connectivity index (χ0n) is 19.3. The Hall–Kier alpha value is -3.48. The molecule has 0 atom stereocenters. The molecule has 0 N–H and O–H groups in total. The number of rotatable bonds is 2. The number of aryl methyl sites for hydroxylation is 2. The second kappa shape index (κ2) is 17.9. The van der Waals surface area contributed by atoms with Crippen LogP contribution in [-0.2, 0) is 42.1 Å². The van der Waals surface area contributed by atoms with Crippen LogP contribution in [0.4, 0.5) is 0 Å². The summed E-state index contributed by atoms with van der Waals surface area (Å²) in [4.78, 5) is 8.32. The first-order chi connectivity index (χ1) is 16.7. The smallest absolute Gasteiger partial charge is 0.582 e. The molecule has 0 fully saturated rings. The minimum absolute atomic E-state index is 0. The fraction of sp³-hybridized carbons (Fsp3) is 0.0833. The zero-order chi connectivity index (χ0) is 23.8. The molecule has 0 spiro atoms. The van der Waals surface area contributed by atoms with E-state index in [0.29, 0.717) is 0 Å². The Labute approximate surface area is 237 Å². The van der Waals surface area contributed by atoms with Crippen LogP contribution < -0.4 is 20.4 Å². The molecule has 12 heteroatoms. The van der Waals surface area contributed by atoms with E-state index in [-0.39, 0.29) is 42.1 Å². The van der Waals surface area contributed by atoms with E-state index in [1.165, 1.54) is 0 Å². The molecule has 188 valence electrons. The normalized spacial score (nSPS) is 8.94. The predicted molar refractivity (Wildman–Crippen MR) is 126 cm³/mol. The van der Waals surface area contributed by atoms with Gasteiger partial charge in [-0.15, -0.1) is 0 Å². The van der Waals surface area contributed by atoms with Gasteiger partial charge in [0.25, 0.3) is 0 Å². The Kier molecular flexibility index (Phi) is 15.2. The van der Waals surface area contributed by atoms with Gasteiger partial charge >= 0.3 is 42.1 Å². The van der Waals surface area contributed by atoms with E-state index >= 15 is 0 Å². The Morgan fingerprint density at radius 3 is 1.22 bits per heavy atom. The molecule has 0 aliphatic rings. The first-order valence-corrected chi connectivity index (χ1v) is 10.3. The second-order valence-corrected chi connectivity index (χ2v) is 6.61. The first kappa shape index (κ1) is 30.5. The third-order valence-corrected chi connectivity index (χ3v) is 3.92. The second-order valence-electron chi connectivity index (χ2n) is 6.61. The average molecular weight is 841 g/mol. The van der Waals surface area contributed by atoms with Crippen molar-refractivity contribution in [3.63, 3.8) is 0 Å². The SMILES string of the molecule is Cc1cc(-c2ccccn2)[n-]n1.Cc1cc(-c2ccccn2)[n-]n1.[Pt+2].[Pt+2].c1cn[n-]c1.c1cn[n-]c1. The molecular weight excluding hydrogens is 818 g/mol. The minimum atomic E-state index is 0. The Morgan fingerprint density at radius 2 is 1.00 bits per heavy atom. The van der Waals surface area contributed by atoms with Gasteiger partial charge in [0.05, 0.1) is 0 Å². The molecule has 0 aromatic carbocycles. The van der Waals surface area contributed by atoms with E-state index in [0.717, 1.165) is 34.2 Å². The summed E-state index contributed by atoms with van der Waals surface area (Å²) in [7, 11) is 0. The quantitative estimate of drug-likeness (QED) is 0.257. The molecule has 6 aromatic heterocycles. The van der Waals surface area contributed by atoms with Crippen molar-refractivity contribution in [1.29, 1.82) is 0 Å². The van der Waals surface area contributed by atoms with Crippen molar-refractivity contribution in [2.75, 3.05) is 0 Å². The van der Waals surface area contributed by atoms with Crippen molar-refractivity contribution in [2.24, 2.45) is 0 Å². The zero-order valence-corrected chi connectivity index (χ0v) is 23.9. The molecular formula is C24H22N10Pt2. The summed E-state index contributed by atoms with van der Waals surface area (Å²) in [6.45, 7) is 3.83. The van der Waals surface area contributed by atoms with Crippen molar-refractivity contribution in [1.82, 2.24) is 50.8 Å². The number of pyridine rings is 2. The summed E-state index contributed by atoms with van der Waals surface area (Å²) in [6, 6.07) is 18.9. The van der Waals surface area contributed by atoms with Crippen LogP contribution in [0.5, 0.6) is 0 Å². The largest absolute Gasteiger partial charge is 2.00 e. The molecule has 0 aliphatic heterocycles. The van der Waals surface area contributed by atoms with E-state index in [2.05, 4.69) is 50.8 Å². The maximum absolute atomic E-state index is 4.16. The predicted octanol–water partition coefficient (Wildman–Crippen LogP) is 2.89. The molecule has 0 saturated heterocycles. The summed E-state index contributed by atoms with van der Waals surface area (Å²) >= 11 is 0. The third kappa shape index (κ3) is 11.3. The van der Waals surface area contributed by atoms with Gasteiger partial charge < -0.3 is 40.8 Å². The molecule has 0 bridgehead atoms. The van der Waals surface area contributed by atoms with Gasteiger partial charge in [0.2, 0.25) is 0 Å². The van der Waals surface area contributed by atoms with Crippen LogP contribution in [0.15, 0.2) is 97.8 Å². The molecule has 6 rings (SSSR count). The third-order valence-electron chi connectivity index (χ3n) is 3.92. The fourth-order valence-corrected chi connectivity index (χ4v) is 2.44. The number of aromatic nitrogens is 10. The first-order valence-electron chi connectivity index (χ1n) is 10.3. The summed E-state index contributed by atoms with van der Waals surface area (Å²) in [5.41, 5.74) is 5.28. The van der Waals surface area contributed by atoms with E-state index in [4.69, 9.17) is 0 Å². The Morgan fingerprint density at radius 1 is 0.556 bits per heavy atom. The summed E-state index contributed by atoms with van der Waals surface area (Å²) in [5, 5.41) is 29.6. The van der Waals surface area contributed by atoms with Crippen LogP contribution >= 0.6 is 0 Å². The number of nitrogens with zero attached hydrogens (tertiary/aromatic N) is 10. The van der Waals surface area contributed by atoms with Gasteiger partial charge in [-0.1, -0.05) is 47.8 Å². The number of hydrogen-bond acceptors (Lipinski definition) is 6. The van der Waals surface area contributed by atoms with Gasteiger partial charge in [-0.25, -0.2) is 0 Å². The number of hydrogen-bond donors (Lipinski definition) is 0. The molecule has 0 aliphatic carbocycles. The molecule has 10 nitrogen and oxygen atoms in total. The van der Waals surface area contributed by atoms with Crippen LogP contribution in [0.25, 0.3) is 22.8 Å². The van der Waals surface area contributed by atoms with Crippen LogP contribution in [-0.4, -0.2) is 30.4 Å². The van der Waals surface area contributed by atoms with Gasteiger partial charge in [-0.3, -0.25) is 9.97 Å². The Bertz CT molecular complexity index is 1130. The molecule has 0 saturated carbocycles. The van der Waals surface area contributed by atoms with Gasteiger partial charge in [-0.2, -0.15) is 12.4 Å². The molecule has 36 heavy (non-hydrogen) atoms. The van der Waals surface area contributed by atoms with Gasteiger partial charge in [-0.05, 0) is 38.1 Å². The van der Waals surface area contributed by atoms with Crippen molar-refractivity contribution < 1.29 is 42.1 Å². The van der Waals surface area contributed by atoms with Crippen LogP contribution in [0.2, 0.25) is 0 Å². The van der Waals surface area contributed by atoms with Crippen LogP contribution in [0, 0.1) is 13.8 Å². The van der Waals surface area contributed by atoms with E-state index in [1.807, 2.05) is 62.4 Å². The maximum Gasteiger partial charge on any atom is 2.00 e. The fourth-order valence-electron chi connectivity index (χ4n) is 2.44. The molecule has 0 radical (unpaired) electrons.